The number of aryl methyl sites for hydroxylation is 1. The molecule has 1 aromatic rings. The van der Waals surface area contributed by atoms with Crippen LogP contribution in [0.1, 0.15) is 18.5 Å². The molecule has 0 spiro atoms. The average Bonchev–Trinajstić information content (AvgIpc) is 2.70. The van der Waals surface area contributed by atoms with Crippen molar-refractivity contribution >= 4 is 11.5 Å². The van der Waals surface area contributed by atoms with Gasteiger partial charge in [0.05, 0.1) is 4.92 Å². The maximum Gasteiger partial charge on any atom is 0.311 e. The predicted octanol–water partition coefficient (Wildman–Crippen LogP) is 2.43. The summed E-state index contributed by atoms with van der Waals surface area (Å²) in [6.45, 7) is 1.82. The summed E-state index contributed by atoms with van der Waals surface area (Å²) >= 11 is 0. The van der Waals surface area contributed by atoms with Crippen molar-refractivity contribution in [3.8, 4) is 0 Å². The fraction of sp³-hybridized carbons (Fsp3) is 0.364. The zero-order chi connectivity index (χ0) is 11.5. The molecule has 2 rings (SSSR count). The number of nitro groups is 1. The minimum absolute atomic E-state index is 0.0394. The number of hydrogen-bond acceptors (Lipinski definition) is 4. The molecule has 5 heteroatoms. The third-order valence-corrected chi connectivity index (χ3v) is 2.56. The predicted molar refractivity (Wildman–Crippen MR) is 61.4 cm³/mol. The number of anilines is 1. The topological polar surface area (TPSA) is 68.1 Å². The van der Waals surface area contributed by atoms with Crippen LogP contribution in [0.15, 0.2) is 24.3 Å². The van der Waals surface area contributed by atoms with Gasteiger partial charge in [-0.05, 0) is 25.8 Å². The van der Waals surface area contributed by atoms with Crippen LogP contribution < -0.4 is 5.32 Å². The third kappa shape index (κ3) is 2.18. The van der Waals surface area contributed by atoms with Crippen molar-refractivity contribution < 1.29 is 4.92 Å². The molecule has 1 aliphatic rings. The smallest absolute Gasteiger partial charge is 0.311 e. The Balaban J connectivity index is 2.23. The highest BCUT2D eigenvalue weighted by Crippen LogP contribution is 2.25. The molecular weight excluding hydrogens is 206 g/mol. The summed E-state index contributed by atoms with van der Waals surface area (Å²) in [6.07, 6.45) is 5.93. The molecule has 0 saturated heterocycles. The molecule has 1 heterocycles. The summed E-state index contributed by atoms with van der Waals surface area (Å²) in [5, 5.41) is 13.9. The van der Waals surface area contributed by atoms with E-state index >= 15 is 0 Å². The second kappa shape index (κ2) is 4.30. The Morgan fingerprint density at radius 2 is 2.12 bits per heavy atom. The summed E-state index contributed by atoms with van der Waals surface area (Å²) in [5.74, 6) is 0.374. The summed E-state index contributed by atoms with van der Waals surface area (Å²) in [7, 11) is 0. The normalized spacial score (nSPS) is 15.3. The van der Waals surface area contributed by atoms with Crippen LogP contribution in [0, 0.1) is 17.0 Å². The van der Waals surface area contributed by atoms with Gasteiger partial charge in [0.25, 0.3) is 0 Å². The zero-order valence-corrected chi connectivity index (χ0v) is 9.01. The van der Waals surface area contributed by atoms with Crippen molar-refractivity contribution in [3.05, 3.63) is 40.1 Å². The largest absolute Gasteiger partial charge is 0.361 e. The Kier molecular flexibility index (Phi) is 2.85. The van der Waals surface area contributed by atoms with Gasteiger partial charge in [-0.2, -0.15) is 0 Å². The Labute approximate surface area is 93.3 Å². The lowest BCUT2D eigenvalue weighted by molar-refractivity contribution is -0.384. The fourth-order valence-electron chi connectivity index (χ4n) is 1.73. The molecule has 0 amide bonds. The molecule has 1 N–H and O–H groups in total. The number of rotatable bonds is 3. The van der Waals surface area contributed by atoms with E-state index in [4.69, 9.17) is 0 Å². The first-order valence-electron chi connectivity index (χ1n) is 5.20. The van der Waals surface area contributed by atoms with Gasteiger partial charge in [-0.3, -0.25) is 10.1 Å². The quantitative estimate of drug-likeness (QED) is 0.481. The van der Waals surface area contributed by atoms with E-state index in [1.54, 1.807) is 6.07 Å². The minimum atomic E-state index is -0.406. The molecule has 16 heavy (non-hydrogen) atoms. The monoisotopic (exact) mass is 219 g/mol. The summed E-state index contributed by atoms with van der Waals surface area (Å²) in [5.41, 5.74) is 0.816. The van der Waals surface area contributed by atoms with Crippen LogP contribution in [0.2, 0.25) is 0 Å². The van der Waals surface area contributed by atoms with E-state index < -0.39 is 4.92 Å². The van der Waals surface area contributed by atoms with Crippen molar-refractivity contribution in [3.63, 3.8) is 0 Å². The first-order valence-corrected chi connectivity index (χ1v) is 5.20. The number of pyridine rings is 1. The second-order valence-corrected chi connectivity index (χ2v) is 3.86. The summed E-state index contributed by atoms with van der Waals surface area (Å²) in [4.78, 5) is 14.6. The maximum absolute atomic E-state index is 10.8. The summed E-state index contributed by atoms with van der Waals surface area (Å²) < 4.78 is 0. The van der Waals surface area contributed by atoms with Crippen LogP contribution in [-0.2, 0) is 0 Å². The molecule has 0 fully saturated rings. The molecule has 0 bridgehead atoms. The van der Waals surface area contributed by atoms with Gasteiger partial charge in [0.2, 0.25) is 5.82 Å². The van der Waals surface area contributed by atoms with Crippen LogP contribution in [-0.4, -0.2) is 15.9 Å². The second-order valence-electron chi connectivity index (χ2n) is 3.86. The number of nitrogens with one attached hydrogen (secondary N) is 1. The van der Waals surface area contributed by atoms with Crippen LogP contribution >= 0.6 is 0 Å². The van der Waals surface area contributed by atoms with E-state index in [0.717, 1.165) is 18.5 Å². The van der Waals surface area contributed by atoms with E-state index in [1.807, 2.05) is 6.92 Å². The van der Waals surface area contributed by atoms with E-state index in [-0.39, 0.29) is 11.7 Å². The molecule has 0 aromatic carbocycles. The van der Waals surface area contributed by atoms with Crippen LogP contribution in [0.5, 0.6) is 0 Å². The van der Waals surface area contributed by atoms with Gasteiger partial charge in [-0.15, -0.1) is 0 Å². The third-order valence-electron chi connectivity index (χ3n) is 2.56. The fourth-order valence-corrected chi connectivity index (χ4v) is 1.73. The number of nitrogens with zero attached hydrogens (tertiary/aromatic N) is 2. The van der Waals surface area contributed by atoms with Crippen molar-refractivity contribution in [2.24, 2.45) is 0 Å². The minimum Gasteiger partial charge on any atom is -0.361 e. The molecule has 5 nitrogen and oxygen atoms in total. The van der Waals surface area contributed by atoms with Crippen molar-refractivity contribution in [1.29, 1.82) is 0 Å². The van der Waals surface area contributed by atoms with E-state index in [9.17, 15) is 10.1 Å². The summed E-state index contributed by atoms with van der Waals surface area (Å²) in [6, 6.07) is 3.37. The molecular formula is C11H13N3O2. The number of aromatic nitrogens is 1. The highest BCUT2D eigenvalue weighted by atomic mass is 16.6. The highest BCUT2D eigenvalue weighted by molar-refractivity contribution is 5.56. The standard InChI is InChI=1S/C11H13N3O2/c1-8-6-7-10(14(15)16)11(12-8)13-9-4-2-3-5-9/h2-3,6-7,9H,4-5H2,1H3,(H,12,13). The Hall–Kier alpha value is -1.91. The zero-order valence-electron chi connectivity index (χ0n) is 9.01. The van der Waals surface area contributed by atoms with Crippen molar-refractivity contribution in [1.82, 2.24) is 4.98 Å². The lowest BCUT2D eigenvalue weighted by atomic mass is 10.2. The Morgan fingerprint density at radius 3 is 2.75 bits per heavy atom. The SMILES string of the molecule is Cc1ccc([N+](=O)[O-])c(NC2CC=CC2)n1. The van der Waals surface area contributed by atoms with Crippen LogP contribution in [0.4, 0.5) is 11.5 Å². The van der Waals surface area contributed by atoms with Crippen LogP contribution in [0.3, 0.4) is 0 Å². The first kappa shape index (κ1) is 10.6. The van der Waals surface area contributed by atoms with E-state index in [2.05, 4.69) is 22.5 Å². The first-order chi connectivity index (χ1) is 7.66. The van der Waals surface area contributed by atoms with Crippen molar-refractivity contribution in [2.75, 3.05) is 5.32 Å². The van der Waals surface area contributed by atoms with Gasteiger partial charge >= 0.3 is 5.69 Å². The highest BCUT2D eigenvalue weighted by Gasteiger charge is 2.19. The van der Waals surface area contributed by atoms with E-state index in [0.29, 0.717) is 5.82 Å². The maximum atomic E-state index is 10.8. The van der Waals surface area contributed by atoms with Crippen LogP contribution in [0.25, 0.3) is 0 Å². The molecule has 1 aliphatic carbocycles. The lowest BCUT2D eigenvalue weighted by Crippen LogP contribution is -2.17. The van der Waals surface area contributed by atoms with Gasteiger partial charge in [-0.1, -0.05) is 12.2 Å². The van der Waals surface area contributed by atoms with Gasteiger partial charge in [0.1, 0.15) is 0 Å². The molecule has 0 aliphatic heterocycles. The Bertz CT molecular complexity index is 435. The van der Waals surface area contributed by atoms with E-state index in [1.165, 1.54) is 6.07 Å². The molecule has 1 aromatic heterocycles. The van der Waals surface area contributed by atoms with Gasteiger partial charge in [-0.25, -0.2) is 4.98 Å². The van der Waals surface area contributed by atoms with Gasteiger partial charge in [0, 0.05) is 17.8 Å². The van der Waals surface area contributed by atoms with Gasteiger partial charge < -0.3 is 5.32 Å². The lowest BCUT2D eigenvalue weighted by Gasteiger charge is -2.12. The molecule has 0 atom stereocenters. The molecule has 0 unspecified atom stereocenters. The average molecular weight is 219 g/mol. The Morgan fingerprint density at radius 1 is 1.44 bits per heavy atom. The molecule has 0 saturated carbocycles. The molecule has 84 valence electrons. The number of hydrogen-bond donors (Lipinski definition) is 1. The molecule has 0 radical (unpaired) electrons. The van der Waals surface area contributed by atoms with Crippen molar-refractivity contribution in [2.45, 2.75) is 25.8 Å². The van der Waals surface area contributed by atoms with Gasteiger partial charge in [0.15, 0.2) is 0 Å².